The van der Waals surface area contributed by atoms with E-state index in [0.717, 1.165) is 38.2 Å². The summed E-state index contributed by atoms with van der Waals surface area (Å²) in [6.45, 7) is 2.29. The number of amides is 1. The molecule has 1 amide bonds. The van der Waals surface area contributed by atoms with Crippen LogP contribution >= 0.6 is 0 Å². The number of likely N-dealkylation sites (tertiary alicyclic amines) is 1. The second-order valence-corrected chi connectivity index (χ2v) is 7.66. The maximum atomic E-state index is 13.1. The molecule has 2 aromatic rings. The normalized spacial score (nSPS) is 18.2. The summed E-state index contributed by atoms with van der Waals surface area (Å²) in [7, 11) is 0. The van der Waals surface area contributed by atoms with Crippen molar-refractivity contribution in [2.24, 2.45) is 27.4 Å². The standard InChI is InChI=1S/C22H27FN6O2/c23-16-3-5-17(6-4-16)28-20(25)19(21(26)30)14-27-22(7-10-24)8-11-29(12-9-22)15-18-2-1-13-31-18/h1-6,10,13-14,19,24H,7-9,11-12,15H2,(H2,25,28)(H2,26,30). The van der Waals surface area contributed by atoms with E-state index in [1.807, 2.05) is 12.1 Å². The molecular formula is C22H27FN6O2. The summed E-state index contributed by atoms with van der Waals surface area (Å²) in [5.74, 6) is -1.16. The fourth-order valence-corrected chi connectivity index (χ4v) is 3.59. The monoisotopic (exact) mass is 426 g/mol. The summed E-state index contributed by atoms with van der Waals surface area (Å²) >= 11 is 0. The number of primary amides is 1. The van der Waals surface area contributed by atoms with Crippen molar-refractivity contribution >= 4 is 29.9 Å². The lowest BCUT2D eigenvalue weighted by Gasteiger charge is -2.38. The Bertz CT molecular complexity index is 931. The first-order chi connectivity index (χ1) is 14.9. The van der Waals surface area contributed by atoms with Crippen LogP contribution in [-0.4, -0.2) is 47.7 Å². The van der Waals surface area contributed by atoms with Crippen LogP contribution in [0.5, 0.6) is 0 Å². The lowest BCUT2D eigenvalue weighted by Crippen LogP contribution is -2.44. The van der Waals surface area contributed by atoms with Crippen molar-refractivity contribution in [1.82, 2.24) is 4.90 Å². The summed E-state index contributed by atoms with van der Waals surface area (Å²) in [6, 6.07) is 9.25. The van der Waals surface area contributed by atoms with Gasteiger partial charge in [-0.2, -0.15) is 0 Å². The maximum Gasteiger partial charge on any atom is 0.233 e. The van der Waals surface area contributed by atoms with E-state index in [2.05, 4.69) is 14.9 Å². The third-order valence-electron chi connectivity index (χ3n) is 5.44. The Morgan fingerprint density at radius 3 is 2.55 bits per heavy atom. The van der Waals surface area contributed by atoms with Crippen molar-refractivity contribution in [3.63, 3.8) is 0 Å². The number of nitrogens with one attached hydrogen (secondary N) is 1. The summed E-state index contributed by atoms with van der Waals surface area (Å²) in [5.41, 5.74) is 11.5. The van der Waals surface area contributed by atoms with Crippen LogP contribution in [0.1, 0.15) is 25.0 Å². The van der Waals surface area contributed by atoms with Gasteiger partial charge in [0.2, 0.25) is 5.91 Å². The molecule has 0 aliphatic carbocycles. The van der Waals surface area contributed by atoms with Crippen molar-refractivity contribution < 1.29 is 13.6 Å². The van der Waals surface area contributed by atoms with Crippen LogP contribution in [0, 0.1) is 17.1 Å². The van der Waals surface area contributed by atoms with Gasteiger partial charge in [-0.15, -0.1) is 0 Å². The lowest BCUT2D eigenvalue weighted by atomic mass is 9.85. The van der Waals surface area contributed by atoms with Crippen molar-refractivity contribution in [2.45, 2.75) is 31.3 Å². The van der Waals surface area contributed by atoms with Crippen LogP contribution in [0.25, 0.3) is 0 Å². The molecule has 0 spiro atoms. The Hall–Kier alpha value is -3.33. The molecule has 31 heavy (non-hydrogen) atoms. The molecule has 2 heterocycles. The molecule has 164 valence electrons. The van der Waals surface area contributed by atoms with E-state index < -0.39 is 23.2 Å². The molecule has 5 N–H and O–H groups in total. The van der Waals surface area contributed by atoms with E-state index in [1.54, 1.807) is 6.26 Å². The molecule has 3 rings (SSSR count). The largest absolute Gasteiger partial charge is 0.468 e. The number of halogens is 1. The van der Waals surface area contributed by atoms with Crippen molar-refractivity contribution in [2.75, 3.05) is 13.1 Å². The van der Waals surface area contributed by atoms with Gasteiger partial charge in [-0.3, -0.25) is 14.7 Å². The van der Waals surface area contributed by atoms with E-state index in [9.17, 15) is 9.18 Å². The number of piperidine rings is 1. The second kappa shape index (κ2) is 10.1. The van der Waals surface area contributed by atoms with Crippen LogP contribution in [0.15, 0.2) is 57.1 Å². The zero-order valence-electron chi connectivity index (χ0n) is 17.2. The van der Waals surface area contributed by atoms with Gasteiger partial charge in [0.1, 0.15) is 23.3 Å². The molecule has 1 aliphatic rings. The molecule has 0 bridgehead atoms. The Kier molecular flexibility index (Phi) is 7.30. The molecule has 8 nitrogen and oxygen atoms in total. The van der Waals surface area contributed by atoms with Gasteiger partial charge in [0.15, 0.2) is 0 Å². The maximum absolute atomic E-state index is 13.1. The summed E-state index contributed by atoms with van der Waals surface area (Å²) in [6.07, 6.45) is 6.34. The molecule has 1 atom stereocenters. The smallest absolute Gasteiger partial charge is 0.233 e. The van der Waals surface area contributed by atoms with Crippen LogP contribution in [0.4, 0.5) is 10.1 Å². The number of hydrogen-bond acceptors (Lipinski definition) is 6. The molecule has 9 heteroatoms. The van der Waals surface area contributed by atoms with E-state index in [1.165, 1.54) is 36.7 Å². The fourth-order valence-electron chi connectivity index (χ4n) is 3.59. The number of benzene rings is 1. The number of aliphatic imine (C=N–C) groups is 2. The Morgan fingerprint density at radius 2 is 1.97 bits per heavy atom. The van der Waals surface area contributed by atoms with Crippen molar-refractivity contribution in [3.8, 4) is 0 Å². The van der Waals surface area contributed by atoms with Crippen LogP contribution < -0.4 is 11.5 Å². The molecule has 1 saturated heterocycles. The SMILES string of the molecule is N=CCC1(N=CC(C(N)=O)C(N)=Nc2ccc(F)cc2)CCN(Cc2ccco2)CC1. The Morgan fingerprint density at radius 1 is 1.26 bits per heavy atom. The summed E-state index contributed by atoms with van der Waals surface area (Å²) in [4.78, 5) is 23.1. The average Bonchev–Trinajstić information content (AvgIpc) is 3.25. The average molecular weight is 426 g/mol. The number of hydrogen-bond donors (Lipinski definition) is 3. The highest BCUT2D eigenvalue weighted by Gasteiger charge is 2.34. The van der Waals surface area contributed by atoms with Gasteiger partial charge in [0.25, 0.3) is 0 Å². The quantitative estimate of drug-likeness (QED) is 0.420. The number of nitrogens with zero attached hydrogens (tertiary/aromatic N) is 3. The number of furan rings is 1. The first-order valence-electron chi connectivity index (χ1n) is 10.1. The van der Waals surface area contributed by atoms with Crippen molar-refractivity contribution in [1.29, 1.82) is 5.41 Å². The molecule has 1 aliphatic heterocycles. The van der Waals surface area contributed by atoms with Gasteiger partial charge in [-0.05, 0) is 55.5 Å². The first kappa shape index (κ1) is 22.4. The molecule has 0 radical (unpaired) electrons. The molecule has 0 saturated carbocycles. The number of carbonyl (C=O) groups is 1. The van der Waals surface area contributed by atoms with Gasteiger partial charge in [0.05, 0.1) is 24.0 Å². The minimum absolute atomic E-state index is 0.0110. The fraction of sp³-hybridized carbons (Fsp3) is 0.364. The molecular weight excluding hydrogens is 399 g/mol. The number of carbonyl (C=O) groups excluding carboxylic acids is 1. The van der Waals surface area contributed by atoms with Gasteiger partial charge in [-0.1, -0.05) is 0 Å². The van der Waals surface area contributed by atoms with Crippen LogP contribution in [-0.2, 0) is 11.3 Å². The number of nitrogens with two attached hydrogens (primary N) is 2. The predicted molar refractivity (Wildman–Crippen MR) is 118 cm³/mol. The van der Waals surface area contributed by atoms with E-state index >= 15 is 0 Å². The Labute approximate surface area is 180 Å². The van der Waals surface area contributed by atoms with Crippen molar-refractivity contribution in [3.05, 3.63) is 54.2 Å². The molecule has 1 fully saturated rings. The van der Waals surface area contributed by atoms with E-state index in [4.69, 9.17) is 21.3 Å². The highest BCUT2D eigenvalue weighted by atomic mass is 19.1. The van der Waals surface area contributed by atoms with Gasteiger partial charge < -0.3 is 21.3 Å². The van der Waals surface area contributed by atoms with Gasteiger partial charge in [-0.25, -0.2) is 9.38 Å². The van der Waals surface area contributed by atoms with Gasteiger partial charge in [0, 0.05) is 25.7 Å². The van der Waals surface area contributed by atoms with Crippen LogP contribution in [0.3, 0.4) is 0 Å². The first-order valence-corrected chi connectivity index (χ1v) is 10.1. The molecule has 1 aromatic heterocycles. The summed E-state index contributed by atoms with van der Waals surface area (Å²) < 4.78 is 18.5. The van der Waals surface area contributed by atoms with Gasteiger partial charge >= 0.3 is 0 Å². The Balaban J connectivity index is 1.71. The minimum Gasteiger partial charge on any atom is -0.468 e. The topological polar surface area (TPSA) is 134 Å². The second-order valence-electron chi connectivity index (χ2n) is 7.66. The summed E-state index contributed by atoms with van der Waals surface area (Å²) in [5, 5.41) is 7.60. The molecule has 1 aromatic carbocycles. The minimum atomic E-state index is -0.992. The highest BCUT2D eigenvalue weighted by molar-refractivity contribution is 6.14. The van der Waals surface area contributed by atoms with E-state index in [0.29, 0.717) is 12.1 Å². The zero-order valence-corrected chi connectivity index (χ0v) is 17.2. The van der Waals surface area contributed by atoms with E-state index in [-0.39, 0.29) is 5.84 Å². The number of amidine groups is 1. The zero-order chi connectivity index (χ0) is 22.3. The lowest BCUT2D eigenvalue weighted by molar-refractivity contribution is -0.118. The molecule has 1 unspecified atom stereocenters. The highest BCUT2D eigenvalue weighted by Crippen LogP contribution is 2.30. The third kappa shape index (κ3) is 6.08. The van der Waals surface area contributed by atoms with Crippen LogP contribution in [0.2, 0.25) is 0 Å². The third-order valence-corrected chi connectivity index (χ3v) is 5.44. The predicted octanol–water partition coefficient (Wildman–Crippen LogP) is 2.65. The number of rotatable bonds is 9.